The van der Waals surface area contributed by atoms with Gasteiger partial charge in [0.15, 0.2) is 0 Å². The molecule has 1 rings (SSSR count). The van der Waals surface area contributed by atoms with Gasteiger partial charge >= 0.3 is 0 Å². The zero-order valence-corrected chi connectivity index (χ0v) is 9.11. The highest BCUT2D eigenvalue weighted by Crippen LogP contribution is 2.14. The van der Waals surface area contributed by atoms with Crippen molar-refractivity contribution < 1.29 is 0 Å². The van der Waals surface area contributed by atoms with Crippen molar-refractivity contribution in [2.45, 2.75) is 32.9 Å². The molecule has 0 bridgehead atoms. The molecule has 0 saturated carbocycles. The Morgan fingerprint density at radius 3 is 2.57 bits per heavy atom. The summed E-state index contributed by atoms with van der Waals surface area (Å²) in [7, 11) is 1.99. The van der Waals surface area contributed by atoms with Crippen molar-refractivity contribution in [3.05, 3.63) is 28.4 Å². The molecular formula is C10H17N3O. The number of aromatic nitrogens is 2. The second kappa shape index (κ2) is 4.37. The van der Waals surface area contributed by atoms with Crippen molar-refractivity contribution in [2.75, 3.05) is 7.05 Å². The van der Waals surface area contributed by atoms with Gasteiger partial charge in [0, 0.05) is 18.4 Å². The topological polar surface area (TPSA) is 49.0 Å². The molecule has 78 valence electrons. The van der Waals surface area contributed by atoms with Crippen LogP contribution in [0.3, 0.4) is 0 Å². The molecule has 0 aliphatic rings. The first-order valence-electron chi connectivity index (χ1n) is 4.79. The normalized spacial score (nSPS) is 13.6. The molecule has 1 unspecified atom stereocenters. The first-order valence-corrected chi connectivity index (χ1v) is 4.79. The number of nitrogens with one attached hydrogen (secondary N) is 1. The monoisotopic (exact) mass is 195 g/mol. The van der Waals surface area contributed by atoms with E-state index in [-0.39, 0.29) is 11.6 Å². The molecule has 1 N–H and O–H groups in total. The molecule has 0 aromatic carbocycles. The van der Waals surface area contributed by atoms with Crippen LogP contribution in [0.15, 0.2) is 17.2 Å². The number of H-pyrrole nitrogens is 1. The second-order valence-electron chi connectivity index (χ2n) is 3.74. The first-order chi connectivity index (χ1) is 6.54. The van der Waals surface area contributed by atoms with Gasteiger partial charge in [-0.2, -0.15) is 0 Å². The van der Waals surface area contributed by atoms with Crippen LogP contribution in [-0.2, 0) is 0 Å². The van der Waals surface area contributed by atoms with Gasteiger partial charge in [0.2, 0.25) is 0 Å². The van der Waals surface area contributed by atoms with Crippen molar-refractivity contribution in [3.8, 4) is 0 Å². The molecule has 0 amide bonds. The van der Waals surface area contributed by atoms with Crippen LogP contribution in [0.1, 0.15) is 32.5 Å². The van der Waals surface area contributed by atoms with Gasteiger partial charge < -0.3 is 4.98 Å². The van der Waals surface area contributed by atoms with Crippen LogP contribution in [0.25, 0.3) is 0 Å². The number of hydrogen-bond donors (Lipinski definition) is 1. The molecule has 4 nitrogen and oxygen atoms in total. The van der Waals surface area contributed by atoms with E-state index in [2.05, 4.69) is 28.7 Å². The van der Waals surface area contributed by atoms with Crippen LogP contribution in [0.5, 0.6) is 0 Å². The Kier molecular flexibility index (Phi) is 3.41. The summed E-state index contributed by atoms with van der Waals surface area (Å²) in [5.74, 6) is 0. The summed E-state index contributed by atoms with van der Waals surface area (Å²) in [6.07, 6.45) is 3.16. The molecule has 1 aromatic heterocycles. The Morgan fingerprint density at radius 2 is 2.07 bits per heavy atom. The van der Waals surface area contributed by atoms with E-state index in [4.69, 9.17) is 0 Å². The average Bonchev–Trinajstić information content (AvgIpc) is 2.16. The lowest BCUT2D eigenvalue weighted by Gasteiger charge is -2.27. The summed E-state index contributed by atoms with van der Waals surface area (Å²) in [5.41, 5.74) is 0.469. The Hall–Kier alpha value is -1.16. The lowest BCUT2D eigenvalue weighted by atomic mass is 10.2. The fraction of sp³-hybridized carbons (Fsp3) is 0.600. The highest BCUT2D eigenvalue weighted by Gasteiger charge is 2.17. The van der Waals surface area contributed by atoms with Crippen molar-refractivity contribution in [2.24, 2.45) is 0 Å². The molecule has 1 heterocycles. The molecular weight excluding hydrogens is 178 g/mol. The third-order valence-corrected chi connectivity index (χ3v) is 2.56. The summed E-state index contributed by atoms with van der Waals surface area (Å²) in [4.78, 5) is 20.3. The Bertz CT molecular complexity index is 345. The predicted molar refractivity (Wildman–Crippen MR) is 56.2 cm³/mol. The molecule has 0 radical (unpaired) electrons. The smallest absolute Gasteiger partial charge is 0.271 e. The van der Waals surface area contributed by atoms with Crippen LogP contribution in [0, 0.1) is 0 Å². The molecule has 1 aromatic rings. The van der Waals surface area contributed by atoms with Gasteiger partial charge in [-0.05, 0) is 27.8 Å². The fourth-order valence-electron chi connectivity index (χ4n) is 1.30. The third kappa shape index (κ3) is 2.20. The molecule has 0 fully saturated rings. The first kappa shape index (κ1) is 10.9. The van der Waals surface area contributed by atoms with Gasteiger partial charge in [-0.3, -0.25) is 14.7 Å². The van der Waals surface area contributed by atoms with Crippen LogP contribution in [0.2, 0.25) is 0 Å². The van der Waals surface area contributed by atoms with E-state index in [1.807, 2.05) is 14.0 Å². The van der Waals surface area contributed by atoms with E-state index in [1.165, 1.54) is 0 Å². The SMILES string of the molecule is CC(C)N(C)C(C)c1ncc[nH]c1=O. The molecule has 0 aliphatic heterocycles. The second-order valence-corrected chi connectivity index (χ2v) is 3.74. The van der Waals surface area contributed by atoms with Gasteiger partial charge in [-0.15, -0.1) is 0 Å². The largest absolute Gasteiger partial charge is 0.326 e. The minimum absolute atomic E-state index is 0.0416. The van der Waals surface area contributed by atoms with Gasteiger partial charge in [0.25, 0.3) is 5.56 Å². The maximum atomic E-state index is 11.4. The summed E-state index contributed by atoms with van der Waals surface area (Å²) in [6.45, 7) is 6.17. The van der Waals surface area contributed by atoms with E-state index in [9.17, 15) is 4.79 Å². The Labute approximate surface area is 84.0 Å². The van der Waals surface area contributed by atoms with Crippen LogP contribution in [-0.4, -0.2) is 28.0 Å². The Morgan fingerprint density at radius 1 is 1.43 bits per heavy atom. The molecule has 0 spiro atoms. The van der Waals surface area contributed by atoms with E-state index in [0.29, 0.717) is 11.7 Å². The quantitative estimate of drug-likeness (QED) is 0.787. The van der Waals surface area contributed by atoms with Crippen LogP contribution >= 0.6 is 0 Å². The van der Waals surface area contributed by atoms with Gasteiger partial charge in [0.1, 0.15) is 5.69 Å². The molecule has 4 heteroatoms. The third-order valence-electron chi connectivity index (χ3n) is 2.56. The van der Waals surface area contributed by atoms with Crippen LogP contribution in [0.4, 0.5) is 0 Å². The molecule has 0 aliphatic carbocycles. The summed E-state index contributed by atoms with van der Waals surface area (Å²) < 4.78 is 0. The maximum Gasteiger partial charge on any atom is 0.271 e. The van der Waals surface area contributed by atoms with Crippen molar-refractivity contribution >= 4 is 0 Å². The zero-order chi connectivity index (χ0) is 10.7. The minimum Gasteiger partial charge on any atom is -0.326 e. The summed E-state index contributed by atoms with van der Waals surface area (Å²) >= 11 is 0. The standard InChI is InChI=1S/C10H17N3O/c1-7(2)13(4)8(3)9-10(14)12-6-5-11-9/h5-8H,1-4H3,(H,12,14). The average molecular weight is 195 g/mol. The molecule has 0 saturated heterocycles. The highest BCUT2D eigenvalue weighted by atomic mass is 16.1. The Balaban J connectivity index is 2.95. The van der Waals surface area contributed by atoms with Crippen LogP contribution < -0.4 is 5.56 Å². The van der Waals surface area contributed by atoms with Gasteiger partial charge in [-0.25, -0.2) is 0 Å². The highest BCUT2D eigenvalue weighted by molar-refractivity contribution is 5.01. The summed E-state index contributed by atoms with van der Waals surface area (Å²) in [6, 6.07) is 0.436. The van der Waals surface area contributed by atoms with E-state index < -0.39 is 0 Å². The predicted octanol–water partition coefficient (Wildman–Crippen LogP) is 1.17. The lowest BCUT2D eigenvalue weighted by Crippen LogP contribution is -2.33. The van der Waals surface area contributed by atoms with Crippen molar-refractivity contribution in [3.63, 3.8) is 0 Å². The zero-order valence-electron chi connectivity index (χ0n) is 9.11. The van der Waals surface area contributed by atoms with Crippen molar-refractivity contribution in [1.29, 1.82) is 0 Å². The van der Waals surface area contributed by atoms with E-state index >= 15 is 0 Å². The number of aromatic amines is 1. The maximum absolute atomic E-state index is 11.4. The summed E-state index contributed by atoms with van der Waals surface area (Å²) in [5, 5.41) is 0. The minimum atomic E-state index is -0.104. The van der Waals surface area contributed by atoms with E-state index in [0.717, 1.165) is 0 Å². The lowest BCUT2D eigenvalue weighted by molar-refractivity contribution is 0.205. The van der Waals surface area contributed by atoms with E-state index in [1.54, 1.807) is 12.4 Å². The van der Waals surface area contributed by atoms with Gasteiger partial charge in [-0.1, -0.05) is 0 Å². The number of nitrogens with zero attached hydrogens (tertiary/aromatic N) is 2. The fourth-order valence-corrected chi connectivity index (χ4v) is 1.30. The van der Waals surface area contributed by atoms with Gasteiger partial charge in [0.05, 0.1) is 6.04 Å². The molecule has 1 atom stereocenters. The molecule has 14 heavy (non-hydrogen) atoms. The number of hydrogen-bond acceptors (Lipinski definition) is 3. The number of rotatable bonds is 3. The van der Waals surface area contributed by atoms with Crippen molar-refractivity contribution in [1.82, 2.24) is 14.9 Å².